The van der Waals surface area contributed by atoms with Crippen molar-refractivity contribution >= 4 is 54.7 Å². The number of aromatic nitrogens is 2. The fourth-order valence-electron chi connectivity index (χ4n) is 7.14. The molecule has 4 heteroatoms. The molecule has 10 aromatic rings. The van der Waals surface area contributed by atoms with Gasteiger partial charge in [-0.3, -0.25) is 4.98 Å². The van der Waals surface area contributed by atoms with Crippen molar-refractivity contribution in [3.8, 4) is 39.2 Å². The van der Waals surface area contributed by atoms with Crippen LogP contribution < -0.4 is 0 Å². The van der Waals surface area contributed by atoms with E-state index in [1.165, 1.54) is 11.1 Å². The molecule has 47 heavy (non-hydrogen) atoms. The van der Waals surface area contributed by atoms with Crippen LogP contribution in [0.1, 0.15) is 0 Å². The molecular formula is C43H26N2O2. The molecular weight excluding hydrogens is 576 g/mol. The number of para-hydroxylation sites is 2. The van der Waals surface area contributed by atoms with Crippen molar-refractivity contribution in [3.05, 3.63) is 158 Å². The lowest BCUT2D eigenvalue weighted by atomic mass is 10.0. The van der Waals surface area contributed by atoms with Crippen LogP contribution in [0, 0.1) is 0 Å². The summed E-state index contributed by atoms with van der Waals surface area (Å²) in [6, 6.07) is 51.0. The number of hydrogen-bond donors (Lipinski definition) is 0. The second kappa shape index (κ2) is 10.1. The number of pyridine rings is 1. The van der Waals surface area contributed by atoms with E-state index in [9.17, 15) is 0 Å². The summed E-state index contributed by atoms with van der Waals surface area (Å²) >= 11 is 0. The largest absolute Gasteiger partial charge is 0.464 e. The first kappa shape index (κ1) is 25.9. The molecule has 6 aromatic carbocycles. The molecule has 0 amide bonds. The van der Waals surface area contributed by atoms with E-state index in [0.717, 1.165) is 82.8 Å². The van der Waals surface area contributed by atoms with Crippen molar-refractivity contribution < 1.29 is 8.83 Å². The zero-order valence-electron chi connectivity index (χ0n) is 25.2. The Hall–Kier alpha value is -6.39. The standard InChI is InChI=1S/C43H26N2O2/c1-3-8-27(9-4-1)29-15-19-40-36(24-29)34-17-18-38-41(43(34)47-40)35-16-14-31(26-39(35)45(38)32-11-5-2-6-12-32)37-25-30(20-22-44-37)33-13-7-10-28-21-23-46-42(28)33/h1-26H. The second-order valence-corrected chi connectivity index (χ2v) is 12.0. The highest BCUT2D eigenvalue weighted by molar-refractivity contribution is 6.24. The number of hydrogen-bond acceptors (Lipinski definition) is 3. The molecule has 0 fully saturated rings. The maximum absolute atomic E-state index is 6.69. The molecule has 4 aromatic heterocycles. The van der Waals surface area contributed by atoms with Crippen molar-refractivity contribution in [1.29, 1.82) is 0 Å². The van der Waals surface area contributed by atoms with Gasteiger partial charge in [0.15, 0.2) is 0 Å². The lowest BCUT2D eigenvalue weighted by Gasteiger charge is -2.09. The normalized spacial score (nSPS) is 11.8. The van der Waals surface area contributed by atoms with Crippen LogP contribution in [0.3, 0.4) is 0 Å². The van der Waals surface area contributed by atoms with E-state index in [1.807, 2.05) is 24.4 Å². The molecule has 0 radical (unpaired) electrons. The van der Waals surface area contributed by atoms with Crippen molar-refractivity contribution in [2.75, 3.05) is 0 Å². The fourth-order valence-corrected chi connectivity index (χ4v) is 7.14. The van der Waals surface area contributed by atoms with Crippen LogP contribution in [0.25, 0.3) is 93.9 Å². The van der Waals surface area contributed by atoms with Gasteiger partial charge in [-0.05, 0) is 77.4 Å². The zero-order chi connectivity index (χ0) is 30.9. The van der Waals surface area contributed by atoms with Gasteiger partial charge in [-0.2, -0.15) is 0 Å². The molecule has 0 saturated heterocycles. The van der Waals surface area contributed by atoms with Crippen molar-refractivity contribution in [3.63, 3.8) is 0 Å². The highest BCUT2D eigenvalue weighted by Gasteiger charge is 2.20. The molecule has 0 aliphatic rings. The van der Waals surface area contributed by atoms with Gasteiger partial charge >= 0.3 is 0 Å². The molecule has 0 aliphatic heterocycles. The van der Waals surface area contributed by atoms with E-state index in [4.69, 9.17) is 13.8 Å². The molecule has 4 heterocycles. The van der Waals surface area contributed by atoms with E-state index >= 15 is 0 Å². The summed E-state index contributed by atoms with van der Waals surface area (Å²) in [5.41, 5.74) is 12.4. The molecule has 0 unspecified atom stereocenters. The summed E-state index contributed by atoms with van der Waals surface area (Å²) in [4.78, 5) is 4.82. The Kier molecular flexibility index (Phi) is 5.54. The van der Waals surface area contributed by atoms with Gasteiger partial charge in [0, 0.05) is 44.6 Å². The van der Waals surface area contributed by atoms with Crippen molar-refractivity contribution in [1.82, 2.24) is 9.55 Å². The van der Waals surface area contributed by atoms with Gasteiger partial charge in [0.1, 0.15) is 16.7 Å². The highest BCUT2D eigenvalue weighted by Crippen LogP contribution is 2.42. The van der Waals surface area contributed by atoms with E-state index < -0.39 is 0 Å². The lowest BCUT2D eigenvalue weighted by Crippen LogP contribution is -1.93. The van der Waals surface area contributed by atoms with Gasteiger partial charge in [0.05, 0.1) is 28.4 Å². The molecule has 0 aliphatic carbocycles. The average Bonchev–Trinajstić information content (AvgIpc) is 3.85. The molecule has 10 rings (SSSR count). The summed E-state index contributed by atoms with van der Waals surface area (Å²) < 4.78 is 14.9. The van der Waals surface area contributed by atoms with Gasteiger partial charge in [0.25, 0.3) is 0 Å². The molecule has 0 spiro atoms. The Morgan fingerprint density at radius 3 is 2.23 bits per heavy atom. The van der Waals surface area contributed by atoms with Crippen molar-refractivity contribution in [2.45, 2.75) is 0 Å². The van der Waals surface area contributed by atoms with Crippen LogP contribution in [0.4, 0.5) is 0 Å². The third-order valence-corrected chi connectivity index (χ3v) is 9.33. The van der Waals surface area contributed by atoms with E-state index in [-0.39, 0.29) is 0 Å². The monoisotopic (exact) mass is 602 g/mol. The lowest BCUT2D eigenvalue weighted by molar-refractivity contribution is 0.617. The van der Waals surface area contributed by atoms with Crippen LogP contribution in [0.2, 0.25) is 0 Å². The highest BCUT2D eigenvalue weighted by atomic mass is 16.3. The third kappa shape index (κ3) is 3.98. The van der Waals surface area contributed by atoms with Gasteiger partial charge < -0.3 is 13.4 Å². The first-order valence-corrected chi connectivity index (χ1v) is 15.8. The Morgan fingerprint density at radius 1 is 0.511 bits per heavy atom. The number of nitrogens with zero attached hydrogens (tertiary/aromatic N) is 2. The maximum atomic E-state index is 6.69. The second-order valence-electron chi connectivity index (χ2n) is 12.0. The maximum Gasteiger partial charge on any atom is 0.145 e. The number of furan rings is 2. The van der Waals surface area contributed by atoms with Gasteiger partial charge in [-0.1, -0.05) is 84.9 Å². The van der Waals surface area contributed by atoms with Gasteiger partial charge in [-0.15, -0.1) is 0 Å². The quantitative estimate of drug-likeness (QED) is 0.201. The van der Waals surface area contributed by atoms with Crippen LogP contribution in [-0.2, 0) is 0 Å². The minimum atomic E-state index is 0.884. The summed E-state index contributed by atoms with van der Waals surface area (Å²) in [5.74, 6) is 0. The van der Waals surface area contributed by atoms with E-state index in [1.54, 1.807) is 6.26 Å². The smallest absolute Gasteiger partial charge is 0.145 e. The average molecular weight is 603 g/mol. The van der Waals surface area contributed by atoms with Gasteiger partial charge in [0.2, 0.25) is 0 Å². The molecule has 220 valence electrons. The third-order valence-electron chi connectivity index (χ3n) is 9.33. The first-order valence-electron chi connectivity index (χ1n) is 15.8. The number of rotatable bonds is 4. The Balaban J connectivity index is 1.21. The SMILES string of the molecule is c1ccc(-c2ccc3oc4c(ccc5c4c4ccc(-c6cc(-c7cccc8ccoc78)ccn6)cc4n5-c4ccccc4)c3c2)cc1. The topological polar surface area (TPSA) is 44.1 Å². The Morgan fingerprint density at radius 2 is 1.34 bits per heavy atom. The Bertz CT molecular complexity index is 2790. The van der Waals surface area contributed by atoms with E-state index in [0.29, 0.717) is 0 Å². The molecule has 0 bridgehead atoms. The summed E-state index contributed by atoms with van der Waals surface area (Å²) in [6.45, 7) is 0. The molecule has 0 N–H and O–H groups in total. The van der Waals surface area contributed by atoms with Crippen molar-refractivity contribution in [2.24, 2.45) is 0 Å². The van der Waals surface area contributed by atoms with Crippen LogP contribution in [-0.4, -0.2) is 9.55 Å². The number of fused-ring (bicyclic) bond motifs is 8. The van der Waals surface area contributed by atoms with Crippen LogP contribution >= 0.6 is 0 Å². The zero-order valence-corrected chi connectivity index (χ0v) is 25.2. The Labute approximate surface area is 269 Å². The molecule has 0 saturated carbocycles. The molecule has 0 atom stereocenters. The first-order chi connectivity index (χ1) is 23.3. The summed E-state index contributed by atoms with van der Waals surface area (Å²) in [7, 11) is 0. The predicted octanol–water partition coefficient (Wildman–Crippen LogP) is 11.8. The van der Waals surface area contributed by atoms with Crippen LogP contribution in [0.15, 0.2) is 167 Å². The molecule has 4 nitrogen and oxygen atoms in total. The predicted molar refractivity (Wildman–Crippen MR) is 192 cm³/mol. The summed E-state index contributed by atoms with van der Waals surface area (Å²) in [5, 5.41) is 5.56. The fraction of sp³-hybridized carbons (Fsp3) is 0. The minimum Gasteiger partial charge on any atom is -0.464 e. The number of benzene rings is 6. The van der Waals surface area contributed by atoms with Gasteiger partial charge in [-0.25, -0.2) is 0 Å². The van der Waals surface area contributed by atoms with E-state index in [2.05, 4.69) is 132 Å². The minimum absolute atomic E-state index is 0.884. The van der Waals surface area contributed by atoms with Crippen LogP contribution in [0.5, 0.6) is 0 Å². The summed E-state index contributed by atoms with van der Waals surface area (Å²) in [6.07, 6.45) is 3.62.